The molecule has 0 saturated carbocycles. The molecule has 0 spiro atoms. The smallest absolute Gasteiger partial charge is 0.316 e. The maximum absolute atomic E-state index is 12.5. The van der Waals surface area contributed by atoms with E-state index in [9.17, 15) is 8.42 Å². The summed E-state index contributed by atoms with van der Waals surface area (Å²) in [7, 11) is -3.45. The van der Waals surface area contributed by atoms with E-state index in [0.717, 1.165) is 0 Å². The van der Waals surface area contributed by atoms with Crippen LogP contribution in [0, 0.1) is 0 Å². The largest absolute Gasteiger partial charge is 0.459 e. The number of halogens is 1. The van der Waals surface area contributed by atoms with Gasteiger partial charge in [-0.25, -0.2) is 9.97 Å². The lowest BCUT2D eigenvalue weighted by Crippen LogP contribution is -2.48. The number of nitrogens with zero attached hydrogens (tertiary/aromatic N) is 4. The molecule has 2 fully saturated rings. The summed E-state index contributed by atoms with van der Waals surface area (Å²) in [5.41, 5.74) is 0. The van der Waals surface area contributed by atoms with Crippen LogP contribution in [0.4, 0.5) is 0 Å². The first kappa shape index (κ1) is 15.9. The van der Waals surface area contributed by atoms with Crippen LogP contribution in [-0.4, -0.2) is 72.5 Å². The molecule has 0 bridgehead atoms. The lowest BCUT2D eigenvalue weighted by molar-refractivity contribution is 0.0703. The molecule has 0 unspecified atom stereocenters. The van der Waals surface area contributed by atoms with Gasteiger partial charge in [-0.3, -0.25) is 0 Å². The van der Waals surface area contributed by atoms with Gasteiger partial charge in [0.15, 0.2) is 0 Å². The van der Waals surface area contributed by atoms with Crippen LogP contribution in [0.2, 0.25) is 5.02 Å². The van der Waals surface area contributed by atoms with Crippen LogP contribution in [-0.2, 0) is 14.9 Å². The molecule has 122 valence electrons. The molecule has 1 aromatic rings. The van der Waals surface area contributed by atoms with Gasteiger partial charge in [-0.1, -0.05) is 11.6 Å². The number of morpholine rings is 1. The van der Waals surface area contributed by atoms with E-state index in [4.69, 9.17) is 21.1 Å². The minimum absolute atomic E-state index is 0.208. The van der Waals surface area contributed by atoms with E-state index in [1.165, 1.54) is 21.0 Å². The van der Waals surface area contributed by atoms with E-state index in [1.807, 2.05) is 0 Å². The number of hydrogen-bond donors (Lipinski definition) is 0. The summed E-state index contributed by atoms with van der Waals surface area (Å²) in [6.07, 6.45) is 3.24. The van der Waals surface area contributed by atoms with Gasteiger partial charge in [-0.2, -0.15) is 17.0 Å². The Bertz CT molecular complexity index is 606. The molecule has 8 nitrogen and oxygen atoms in total. The van der Waals surface area contributed by atoms with Gasteiger partial charge in [-0.05, 0) is 6.42 Å². The second-order valence-corrected chi connectivity index (χ2v) is 7.45. The van der Waals surface area contributed by atoms with Crippen LogP contribution in [0.15, 0.2) is 12.4 Å². The number of rotatable bonds is 4. The molecule has 0 N–H and O–H groups in total. The highest BCUT2D eigenvalue weighted by Crippen LogP contribution is 2.21. The predicted molar refractivity (Wildman–Crippen MR) is 79.0 cm³/mol. The first-order valence-electron chi connectivity index (χ1n) is 7.03. The lowest BCUT2D eigenvalue weighted by atomic mass is 10.3. The summed E-state index contributed by atoms with van der Waals surface area (Å²) in [5.74, 6) is 0. The Labute approximate surface area is 134 Å². The molecule has 0 amide bonds. The van der Waals surface area contributed by atoms with Crippen molar-refractivity contribution in [2.45, 2.75) is 12.5 Å². The highest BCUT2D eigenvalue weighted by Gasteiger charge is 2.37. The lowest BCUT2D eigenvalue weighted by Gasteiger charge is -2.29. The highest BCUT2D eigenvalue weighted by atomic mass is 35.5. The van der Waals surface area contributed by atoms with Crippen molar-refractivity contribution in [2.24, 2.45) is 0 Å². The fraction of sp³-hybridized carbons (Fsp3) is 0.667. The van der Waals surface area contributed by atoms with Crippen LogP contribution in [0.1, 0.15) is 6.42 Å². The summed E-state index contributed by atoms with van der Waals surface area (Å²) in [4.78, 5) is 7.92. The summed E-state index contributed by atoms with van der Waals surface area (Å²) >= 11 is 5.71. The van der Waals surface area contributed by atoms with Crippen LogP contribution in [0.25, 0.3) is 0 Å². The number of hydrogen-bond acceptors (Lipinski definition) is 6. The molecule has 1 atom stereocenters. The van der Waals surface area contributed by atoms with Gasteiger partial charge in [0.1, 0.15) is 6.10 Å². The van der Waals surface area contributed by atoms with Crippen molar-refractivity contribution in [3.8, 4) is 6.01 Å². The first-order valence-corrected chi connectivity index (χ1v) is 8.80. The van der Waals surface area contributed by atoms with Crippen molar-refractivity contribution in [2.75, 3.05) is 39.4 Å². The van der Waals surface area contributed by atoms with Gasteiger partial charge < -0.3 is 9.47 Å². The Morgan fingerprint density at radius 3 is 2.55 bits per heavy atom. The van der Waals surface area contributed by atoms with Crippen LogP contribution in [0.5, 0.6) is 6.01 Å². The standard InChI is InChI=1S/C12H17ClN4O4S/c13-10-7-14-12(15-8-10)21-11-1-2-17(9-11)22(18,19)16-3-5-20-6-4-16/h7-8,11H,1-6,9H2/t11-/m1/s1. The molecule has 0 radical (unpaired) electrons. The quantitative estimate of drug-likeness (QED) is 0.770. The van der Waals surface area contributed by atoms with Crippen LogP contribution < -0.4 is 4.74 Å². The van der Waals surface area contributed by atoms with Crippen molar-refractivity contribution in [1.82, 2.24) is 18.6 Å². The van der Waals surface area contributed by atoms with Crippen molar-refractivity contribution in [3.05, 3.63) is 17.4 Å². The molecule has 2 saturated heterocycles. The van der Waals surface area contributed by atoms with Crippen molar-refractivity contribution >= 4 is 21.8 Å². The van der Waals surface area contributed by atoms with E-state index in [2.05, 4.69) is 9.97 Å². The third kappa shape index (κ3) is 3.49. The zero-order valence-electron chi connectivity index (χ0n) is 11.9. The summed E-state index contributed by atoms with van der Waals surface area (Å²) < 4.78 is 38.7. The second-order valence-electron chi connectivity index (χ2n) is 5.09. The maximum atomic E-state index is 12.5. The first-order chi connectivity index (χ1) is 10.6. The van der Waals surface area contributed by atoms with E-state index >= 15 is 0 Å². The third-order valence-electron chi connectivity index (χ3n) is 3.60. The van der Waals surface area contributed by atoms with E-state index < -0.39 is 10.2 Å². The van der Waals surface area contributed by atoms with Gasteiger partial charge in [0, 0.05) is 19.6 Å². The van der Waals surface area contributed by atoms with E-state index in [0.29, 0.717) is 50.8 Å². The molecular formula is C12H17ClN4O4S. The summed E-state index contributed by atoms with van der Waals surface area (Å²) in [6.45, 7) is 2.39. The maximum Gasteiger partial charge on any atom is 0.316 e. The van der Waals surface area contributed by atoms with Crippen molar-refractivity contribution in [3.63, 3.8) is 0 Å². The van der Waals surface area contributed by atoms with Gasteiger partial charge >= 0.3 is 6.01 Å². The molecule has 10 heteroatoms. The monoisotopic (exact) mass is 348 g/mol. The van der Waals surface area contributed by atoms with Crippen molar-refractivity contribution < 1.29 is 17.9 Å². The van der Waals surface area contributed by atoms with Gasteiger partial charge in [0.05, 0.1) is 37.2 Å². The molecule has 3 rings (SSSR count). The molecule has 3 heterocycles. The van der Waals surface area contributed by atoms with E-state index in [1.54, 1.807) is 0 Å². The SMILES string of the molecule is O=S(=O)(N1CCOCC1)N1CC[C@@H](Oc2ncc(Cl)cn2)C1. The van der Waals surface area contributed by atoms with Crippen LogP contribution >= 0.6 is 11.6 Å². The Morgan fingerprint density at radius 2 is 1.86 bits per heavy atom. The van der Waals surface area contributed by atoms with Gasteiger partial charge in [-0.15, -0.1) is 0 Å². The second kappa shape index (κ2) is 6.63. The molecule has 2 aliphatic heterocycles. The average molecular weight is 349 g/mol. The van der Waals surface area contributed by atoms with Gasteiger partial charge in [0.25, 0.3) is 10.2 Å². The molecule has 0 aromatic carbocycles. The zero-order chi connectivity index (χ0) is 15.6. The molecule has 22 heavy (non-hydrogen) atoms. The Hall–Kier alpha value is -1.00. The minimum Gasteiger partial charge on any atom is -0.459 e. The Morgan fingerprint density at radius 1 is 1.18 bits per heavy atom. The molecule has 1 aromatic heterocycles. The third-order valence-corrected chi connectivity index (χ3v) is 5.80. The minimum atomic E-state index is -3.45. The van der Waals surface area contributed by atoms with Crippen LogP contribution in [0.3, 0.4) is 0 Å². The normalized spacial score (nSPS) is 24.5. The summed E-state index contributed by atoms with van der Waals surface area (Å²) in [6, 6.07) is 0.208. The number of ether oxygens (including phenoxy) is 2. The Balaban J connectivity index is 1.60. The zero-order valence-corrected chi connectivity index (χ0v) is 13.5. The average Bonchev–Trinajstić information content (AvgIpc) is 3.00. The predicted octanol–water partition coefficient (Wildman–Crippen LogP) is 0.160. The fourth-order valence-corrected chi connectivity index (χ4v) is 4.18. The fourth-order valence-electron chi connectivity index (χ4n) is 2.45. The molecular weight excluding hydrogens is 332 g/mol. The molecule has 0 aliphatic carbocycles. The highest BCUT2D eigenvalue weighted by molar-refractivity contribution is 7.86. The van der Waals surface area contributed by atoms with E-state index in [-0.39, 0.29) is 12.1 Å². The summed E-state index contributed by atoms with van der Waals surface area (Å²) in [5, 5.41) is 0.426. The molecule has 2 aliphatic rings. The van der Waals surface area contributed by atoms with Gasteiger partial charge in [0.2, 0.25) is 0 Å². The van der Waals surface area contributed by atoms with Crippen molar-refractivity contribution in [1.29, 1.82) is 0 Å². The number of aromatic nitrogens is 2. The Kier molecular flexibility index (Phi) is 4.79. The topological polar surface area (TPSA) is 84.9 Å².